The van der Waals surface area contributed by atoms with Crippen LogP contribution in [0.4, 0.5) is 0 Å². The zero-order valence-corrected chi connectivity index (χ0v) is 12.6. The molecule has 1 fully saturated rings. The fourth-order valence-electron chi connectivity index (χ4n) is 2.04. The van der Waals surface area contributed by atoms with Gasteiger partial charge in [0.2, 0.25) is 0 Å². The van der Waals surface area contributed by atoms with Gasteiger partial charge in [0, 0.05) is 4.75 Å². The summed E-state index contributed by atoms with van der Waals surface area (Å²) >= 11 is 0. The third-order valence-electron chi connectivity index (χ3n) is 4.02. The lowest BCUT2D eigenvalue weighted by molar-refractivity contribution is 0.187. The molecule has 0 aromatic carbocycles. The largest absolute Gasteiger partial charge is 0.333 e. The summed E-state index contributed by atoms with van der Waals surface area (Å²) in [5.41, 5.74) is 0. The van der Waals surface area contributed by atoms with E-state index in [1.807, 2.05) is 0 Å². The van der Waals surface area contributed by atoms with Gasteiger partial charge in [-0.15, -0.1) is 16.9 Å². The minimum absolute atomic E-state index is 0.263. The van der Waals surface area contributed by atoms with Crippen molar-refractivity contribution in [3.63, 3.8) is 0 Å². The van der Waals surface area contributed by atoms with Gasteiger partial charge in [-0.25, -0.2) is 0 Å². The molecule has 0 saturated heterocycles. The number of hydrogen-bond donors (Lipinski definition) is 0. The van der Waals surface area contributed by atoms with E-state index in [1.165, 1.54) is 6.42 Å². The summed E-state index contributed by atoms with van der Waals surface area (Å²) in [5.74, 6) is 1.34. The van der Waals surface area contributed by atoms with E-state index in [0.29, 0.717) is 17.9 Å². The Kier molecular flexibility index (Phi) is 4.18. The molecule has 0 amide bonds. The van der Waals surface area contributed by atoms with Gasteiger partial charge in [-0.2, -0.15) is 0 Å². The summed E-state index contributed by atoms with van der Waals surface area (Å²) in [6.45, 7) is 13.1. The molecule has 0 aliphatic heterocycles. The van der Waals surface area contributed by atoms with E-state index >= 15 is 0 Å². The Labute approximate surface area is 103 Å². The Bertz CT molecular complexity index is 252. The SMILES string of the molecule is C=C[C@H]1C[C@@H](C)[C@@H](OS(C)(C)C(C)(C)C)C1. The summed E-state index contributed by atoms with van der Waals surface area (Å²) in [4.78, 5) is 0. The van der Waals surface area contributed by atoms with Gasteiger partial charge in [-0.3, -0.25) is 0 Å². The monoisotopic (exact) mass is 244 g/mol. The van der Waals surface area contributed by atoms with Crippen molar-refractivity contribution < 1.29 is 4.18 Å². The van der Waals surface area contributed by atoms with Crippen LogP contribution in [0.2, 0.25) is 0 Å². The van der Waals surface area contributed by atoms with Crippen LogP contribution >= 0.6 is 10.3 Å². The summed E-state index contributed by atoms with van der Waals surface area (Å²) in [5, 5.41) is 0. The quantitative estimate of drug-likeness (QED) is 0.669. The van der Waals surface area contributed by atoms with Crippen molar-refractivity contribution in [2.24, 2.45) is 11.8 Å². The van der Waals surface area contributed by atoms with Crippen molar-refractivity contribution in [2.75, 3.05) is 12.5 Å². The number of rotatable bonds is 3. The Morgan fingerprint density at radius 3 is 2.19 bits per heavy atom. The molecule has 0 unspecified atom stereocenters. The van der Waals surface area contributed by atoms with Crippen LogP contribution in [-0.2, 0) is 4.18 Å². The highest BCUT2D eigenvalue weighted by Crippen LogP contribution is 2.56. The maximum absolute atomic E-state index is 6.44. The average Bonchev–Trinajstić information content (AvgIpc) is 2.44. The Hall–Kier alpha value is 0.0500. The van der Waals surface area contributed by atoms with Crippen LogP contribution in [0.15, 0.2) is 12.7 Å². The molecular formula is C14H28OS. The summed E-state index contributed by atoms with van der Waals surface area (Å²) in [6.07, 6.45) is 9.53. The molecule has 1 saturated carbocycles. The van der Waals surface area contributed by atoms with Crippen molar-refractivity contribution in [1.82, 2.24) is 0 Å². The first kappa shape index (κ1) is 14.1. The summed E-state index contributed by atoms with van der Waals surface area (Å²) < 4.78 is 6.71. The van der Waals surface area contributed by atoms with E-state index in [9.17, 15) is 0 Å². The highest BCUT2D eigenvalue weighted by Gasteiger charge is 2.37. The lowest BCUT2D eigenvalue weighted by atomic mass is 10.1. The second-order valence-corrected chi connectivity index (χ2v) is 10.3. The van der Waals surface area contributed by atoms with Gasteiger partial charge in [0.25, 0.3) is 0 Å². The molecule has 0 heterocycles. The molecule has 16 heavy (non-hydrogen) atoms. The first-order valence-electron chi connectivity index (χ1n) is 6.21. The Balaban J connectivity index is 2.65. The van der Waals surface area contributed by atoms with Crippen LogP contribution in [0.1, 0.15) is 40.5 Å². The van der Waals surface area contributed by atoms with E-state index in [2.05, 4.69) is 52.9 Å². The van der Waals surface area contributed by atoms with Crippen molar-refractivity contribution in [3.05, 3.63) is 12.7 Å². The summed E-state index contributed by atoms with van der Waals surface area (Å²) in [7, 11) is -0.980. The van der Waals surface area contributed by atoms with E-state index in [-0.39, 0.29) is 4.75 Å². The zero-order valence-electron chi connectivity index (χ0n) is 11.7. The van der Waals surface area contributed by atoms with E-state index in [4.69, 9.17) is 4.18 Å². The van der Waals surface area contributed by atoms with Crippen LogP contribution in [0.3, 0.4) is 0 Å². The smallest absolute Gasteiger partial charge is 0.0732 e. The maximum Gasteiger partial charge on any atom is 0.0732 e. The molecule has 0 spiro atoms. The molecule has 1 rings (SSSR count). The van der Waals surface area contributed by atoms with Crippen molar-refractivity contribution in [2.45, 2.75) is 51.4 Å². The van der Waals surface area contributed by atoms with Gasteiger partial charge in [0.05, 0.1) is 6.10 Å². The van der Waals surface area contributed by atoms with Gasteiger partial charge < -0.3 is 4.18 Å². The van der Waals surface area contributed by atoms with Gasteiger partial charge in [-0.05, 0) is 37.2 Å². The first-order valence-corrected chi connectivity index (χ1v) is 8.58. The van der Waals surface area contributed by atoms with Gasteiger partial charge >= 0.3 is 0 Å². The molecule has 1 nitrogen and oxygen atoms in total. The molecule has 0 aromatic rings. The molecule has 2 heteroatoms. The second-order valence-electron chi connectivity index (χ2n) is 6.42. The predicted molar refractivity (Wildman–Crippen MR) is 76.2 cm³/mol. The minimum atomic E-state index is -0.980. The van der Waals surface area contributed by atoms with Crippen LogP contribution in [0.25, 0.3) is 0 Å². The first-order chi connectivity index (χ1) is 7.17. The number of allylic oxidation sites excluding steroid dienone is 1. The van der Waals surface area contributed by atoms with Gasteiger partial charge in [0.15, 0.2) is 0 Å². The predicted octanol–water partition coefficient (Wildman–Crippen LogP) is 4.38. The number of hydrogen-bond acceptors (Lipinski definition) is 1. The van der Waals surface area contributed by atoms with Crippen LogP contribution in [-0.4, -0.2) is 23.4 Å². The maximum atomic E-state index is 6.44. The topological polar surface area (TPSA) is 9.23 Å². The molecule has 0 radical (unpaired) electrons. The van der Waals surface area contributed by atoms with Crippen LogP contribution in [0.5, 0.6) is 0 Å². The van der Waals surface area contributed by atoms with Gasteiger partial charge in [-0.1, -0.05) is 33.8 Å². The van der Waals surface area contributed by atoms with E-state index in [1.54, 1.807) is 0 Å². The molecule has 1 aliphatic rings. The minimum Gasteiger partial charge on any atom is -0.333 e. The highest BCUT2D eigenvalue weighted by atomic mass is 32.3. The lowest BCUT2D eigenvalue weighted by Crippen LogP contribution is -2.29. The standard InChI is InChI=1S/C14H28OS/c1-8-12-9-11(2)13(10-12)15-16(6,7)14(3,4)5/h8,11-13H,1,9-10H2,2-7H3/t11-,12+,13+/m1/s1. The molecule has 96 valence electrons. The van der Waals surface area contributed by atoms with E-state index < -0.39 is 10.3 Å². The van der Waals surface area contributed by atoms with Crippen molar-refractivity contribution in [3.8, 4) is 0 Å². The van der Waals surface area contributed by atoms with Crippen LogP contribution < -0.4 is 0 Å². The average molecular weight is 244 g/mol. The van der Waals surface area contributed by atoms with Crippen LogP contribution in [0, 0.1) is 11.8 Å². The van der Waals surface area contributed by atoms with E-state index in [0.717, 1.165) is 6.42 Å². The Morgan fingerprint density at radius 1 is 1.25 bits per heavy atom. The summed E-state index contributed by atoms with van der Waals surface area (Å²) in [6, 6.07) is 0. The van der Waals surface area contributed by atoms with Crippen molar-refractivity contribution >= 4 is 10.3 Å². The lowest BCUT2D eigenvalue weighted by Gasteiger charge is -2.46. The molecule has 0 bridgehead atoms. The molecule has 1 aliphatic carbocycles. The normalized spacial score (nSPS) is 32.8. The van der Waals surface area contributed by atoms with Gasteiger partial charge in [0.1, 0.15) is 0 Å². The molecule has 0 N–H and O–H groups in total. The second kappa shape index (κ2) is 4.73. The molecule has 3 atom stereocenters. The third-order valence-corrected chi connectivity index (χ3v) is 7.69. The molecular weight excluding hydrogens is 216 g/mol. The Morgan fingerprint density at radius 2 is 1.81 bits per heavy atom. The fraction of sp³-hybridized carbons (Fsp3) is 0.857. The third kappa shape index (κ3) is 3.04. The molecule has 0 aromatic heterocycles. The zero-order chi connectivity index (χ0) is 12.6. The van der Waals surface area contributed by atoms with Crippen molar-refractivity contribution in [1.29, 1.82) is 0 Å². The fourth-order valence-corrected chi connectivity index (χ4v) is 3.21. The highest BCUT2D eigenvalue weighted by molar-refractivity contribution is 8.29.